The molecule has 1 heterocycles. The molecule has 0 aromatic carbocycles. The molecule has 1 amide bonds. The van der Waals surface area contributed by atoms with Crippen molar-refractivity contribution in [2.45, 2.75) is 19.0 Å². The van der Waals surface area contributed by atoms with Gasteiger partial charge < -0.3 is 5.73 Å². The third-order valence-electron chi connectivity index (χ3n) is 1.14. The summed E-state index contributed by atoms with van der Waals surface area (Å²) in [6, 6.07) is 0.275. The first-order valence-electron chi connectivity index (χ1n) is 2.27. The van der Waals surface area contributed by atoms with Crippen LogP contribution in [0.1, 0.15) is 6.92 Å². The van der Waals surface area contributed by atoms with E-state index < -0.39 is 0 Å². The normalized spacial score (nSPS) is 37.9. The summed E-state index contributed by atoms with van der Waals surface area (Å²) in [7, 11) is 0. The van der Waals surface area contributed by atoms with Crippen molar-refractivity contribution in [1.29, 1.82) is 0 Å². The van der Waals surface area contributed by atoms with E-state index in [4.69, 9.17) is 5.73 Å². The van der Waals surface area contributed by atoms with Crippen LogP contribution in [0.3, 0.4) is 0 Å². The van der Waals surface area contributed by atoms with Crippen LogP contribution in [-0.2, 0) is 4.79 Å². The van der Waals surface area contributed by atoms with Crippen LogP contribution in [0.5, 0.6) is 0 Å². The Balaban J connectivity index is 2.33. The van der Waals surface area contributed by atoms with Gasteiger partial charge in [0.2, 0.25) is 5.91 Å². The van der Waals surface area contributed by atoms with Gasteiger partial charge in [0.05, 0.1) is 0 Å². The Morgan fingerprint density at radius 3 is 2.29 bits per heavy atom. The monoisotopic (exact) mass is 100 g/mol. The fourth-order valence-electron chi connectivity index (χ4n) is 0.556. The number of hydrogen-bond acceptors (Lipinski definition) is 2. The van der Waals surface area contributed by atoms with Gasteiger partial charge in [-0.05, 0) is 6.92 Å². The maximum Gasteiger partial charge on any atom is 0.236 e. The van der Waals surface area contributed by atoms with Gasteiger partial charge in [0.15, 0.2) is 0 Å². The molecule has 1 aliphatic rings. The zero-order valence-electron chi connectivity index (χ0n) is 4.14. The number of amides is 1. The fraction of sp³-hybridized carbons (Fsp3) is 0.750. The summed E-state index contributed by atoms with van der Waals surface area (Å²) in [5, 5.41) is 2.86. The minimum absolute atomic E-state index is 0.0417. The first-order valence-corrected chi connectivity index (χ1v) is 2.27. The second-order valence-corrected chi connectivity index (χ2v) is 1.84. The zero-order chi connectivity index (χ0) is 5.44. The number of primary amides is 1. The van der Waals surface area contributed by atoms with Crippen LogP contribution in [0.2, 0.25) is 0 Å². The summed E-state index contributed by atoms with van der Waals surface area (Å²) in [6.45, 7) is 1.93. The molecule has 3 nitrogen and oxygen atoms in total. The predicted octanol–water partition coefficient (Wildman–Crippen LogP) is -1.17. The van der Waals surface area contributed by atoms with Gasteiger partial charge in [0.1, 0.15) is 6.04 Å². The molecule has 0 saturated carbocycles. The van der Waals surface area contributed by atoms with Crippen LogP contribution in [0, 0.1) is 0 Å². The number of hydrogen-bond donors (Lipinski definition) is 2. The number of nitrogens with one attached hydrogen (secondary N) is 1. The lowest BCUT2D eigenvalue weighted by Crippen LogP contribution is -2.20. The molecule has 0 radical (unpaired) electrons. The van der Waals surface area contributed by atoms with E-state index in [1.165, 1.54) is 0 Å². The average Bonchev–Trinajstić information content (AvgIpc) is 2.17. The van der Waals surface area contributed by atoms with Crippen LogP contribution in [0.15, 0.2) is 0 Å². The van der Waals surface area contributed by atoms with Gasteiger partial charge >= 0.3 is 0 Å². The first kappa shape index (κ1) is 4.59. The molecule has 3 heteroatoms. The molecular weight excluding hydrogens is 92.1 g/mol. The second kappa shape index (κ2) is 1.20. The largest absolute Gasteiger partial charge is 0.368 e. The van der Waals surface area contributed by atoms with Crippen molar-refractivity contribution in [3.63, 3.8) is 0 Å². The molecule has 1 fully saturated rings. The number of nitrogens with two attached hydrogens (primary N) is 1. The van der Waals surface area contributed by atoms with Gasteiger partial charge in [0, 0.05) is 6.04 Å². The third kappa shape index (κ3) is 0.718. The molecule has 0 bridgehead atoms. The minimum atomic E-state index is -0.243. The zero-order valence-corrected chi connectivity index (χ0v) is 4.14. The Morgan fingerprint density at radius 1 is 1.86 bits per heavy atom. The summed E-state index contributed by atoms with van der Waals surface area (Å²) in [5.41, 5.74) is 4.89. The summed E-state index contributed by atoms with van der Waals surface area (Å²) in [5.74, 6) is -0.243. The lowest BCUT2D eigenvalue weighted by atomic mass is 10.3. The second-order valence-electron chi connectivity index (χ2n) is 1.84. The Hall–Kier alpha value is -0.570. The number of rotatable bonds is 1. The number of carbonyl (C=O) groups is 1. The van der Waals surface area contributed by atoms with Gasteiger partial charge in [-0.25, -0.2) is 0 Å². The van der Waals surface area contributed by atoms with Gasteiger partial charge in [-0.15, -0.1) is 0 Å². The lowest BCUT2D eigenvalue weighted by Gasteiger charge is -1.78. The summed E-state index contributed by atoms with van der Waals surface area (Å²) in [4.78, 5) is 10.1. The quantitative estimate of drug-likeness (QED) is 0.408. The van der Waals surface area contributed by atoms with Crippen molar-refractivity contribution < 1.29 is 4.79 Å². The van der Waals surface area contributed by atoms with Crippen molar-refractivity contribution >= 4 is 5.91 Å². The molecule has 0 spiro atoms. The molecule has 1 saturated heterocycles. The summed E-state index contributed by atoms with van der Waals surface area (Å²) >= 11 is 0. The van der Waals surface area contributed by atoms with Crippen molar-refractivity contribution in [2.75, 3.05) is 0 Å². The van der Waals surface area contributed by atoms with Crippen LogP contribution in [-0.4, -0.2) is 18.0 Å². The Bertz CT molecular complexity index is 102. The Labute approximate surface area is 41.9 Å². The van der Waals surface area contributed by atoms with Gasteiger partial charge in [-0.3, -0.25) is 10.1 Å². The smallest absolute Gasteiger partial charge is 0.236 e. The number of carbonyl (C=O) groups excluding carboxylic acids is 1. The van der Waals surface area contributed by atoms with Crippen molar-refractivity contribution in [2.24, 2.45) is 5.73 Å². The van der Waals surface area contributed by atoms with Crippen molar-refractivity contribution in [1.82, 2.24) is 5.32 Å². The molecule has 1 rings (SSSR count). The first-order chi connectivity index (χ1) is 3.22. The predicted molar refractivity (Wildman–Crippen MR) is 25.6 cm³/mol. The summed E-state index contributed by atoms with van der Waals surface area (Å²) < 4.78 is 0. The van der Waals surface area contributed by atoms with Crippen LogP contribution >= 0.6 is 0 Å². The van der Waals surface area contributed by atoms with Gasteiger partial charge in [-0.1, -0.05) is 0 Å². The lowest BCUT2D eigenvalue weighted by molar-refractivity contribution is -0.117. The fourth-order valence-corrected chi connectivity index (χ4v) is 0.556. The highest BCUT2D eigenvalue weighted by atomic mass is 16.1. The Morgan fingerprint density at radius 2 is 2.29 bits per heavy atom. The van der Waals surface area contributed by atoms with Crippen molar-refractivity contribution in [3.05, 3.63) is 0 Å². The molecule has 40 valence electrons. The van der Waals surface area contributed by atoms with E-state index in [0.717, 1.165) is 0 Å². The highest BCUT2D eigenvalue weighted by Gasteiger charge is 2.36. The standard InChI is InChI=1S/C4H8N2O/c1-2-3(6-2)4(5)7/h2-3,6H,1H3,(H2,5,7)/t2-,3-/m1/s1. The third-order valence-corrected chi connectivity index (χ3v) is 1.14. The van der Waals surface area contributed by atoms with Crippen molar-refractivity contribution in [3.8, 4) is 0 Å². The molecule has 7 heavy (non-hydrogen) atoms. The van der Waals surface area contributed by atoms with Crippen LogP contribution in [0.25, 0.3) is 0 Å². The van der Waals surface area contributed by atoms with E-state index in [0.29, 0.717) is 6.04 Å². The van der Waals surface area contributed by atoms with E-state index in [1.807, 2.05) is 6.92 Å². The van der Waals surface area contributed by atoms with E-state index in [9.17, 15) is 4.79 Å². The maximum absolute atomic E-state index is 10.1. The molecule has 0 aliphatic carbocycles. The molecule has 2 atom stereocenters. The highest BCUT2D eigenvalue weighted by Crippen LogP contribution is 2.06. The maximum atomic E-state index is 10.1. The topological polar surface area (TPSA) is 65.0 Å². The highest BCUT2D eigenvalue weighted by molar-refractivity contribution is 5.83. The average molecular weight is 100 g/mol. The molecule has 1 aliphatic heterocycles. The molecular formula is C4H8N2O. The van der Waals surface area contributed by atoms with E-state index in [2.05, 4.69) is 5.32 Å². The molecule has 0 aromatic heterocycles. The van der Waals surface area contributed by atoms with E-state index in [-0.39, 0.29) is 11.9 Å². The Kier molecular flexibility index (Phi) is 0.785. The van der Waals surface area contributed by atoms with E-state index in [1.54, 1.807) is 0 Å². The summed E-state index contributed by atoms with van der Waals surface area (Å²) in [6.07, 6.45) is 0. The van der Waals surface area contributed by atoms with Crippen LogP contribution in [0.4, 0.5) is 0 Å². The van der Waals surface area contributed by atoms with Gasteiger partial charge in [0.25, 0.3) is 0 Å². The minimum Gasteiger partial charge on any atom is -0.368 e. The molecule has 0 unspecified atom stereocenters. The molecule has 3 N–H and O–H groups in total. The van der Waals surface area contributed by atoms with E-state index >= 15 is 0 Å². The molecule has 0 aromatic rings. The van der Waals surface area contributed by atoms with Gasteiger partial charge in [-0.2, -0.15) is 0 Å². The SMILES string of the molecule is C[C@H]1N[C@H]1C(N)=O. The van der Waals surface area contributed by atoms with Crippen LogP contribution < -0.4 is 11.1 Å².